The minimum absolute atomic E-state index is 0.00114. The lowest BCUT2D eigenvalue weighted by Gasteiger charge is -2.06. The van der Waals surface area contributed by atoms with Crippen LogP contribution >= 0.6 is 15.9 Å². The van der Waals surface area contributed by atoms with E-state index in [4.69, 9.17) is 9.84 Å². The van der Waals surface area contributed by atoms with Crippen molar-refractivity contribution in [2.75, 3.05) is 26.4 Å². The summed E-state index contributed by atoms with van der Waals surface area (Å²) in [7, 11) is 0. The fourth-order valence-electron chi connectivity index (χ4n) is 1.24. The first-order valence-corrected chi connectivity index (χ1v) is 6.17. The minimum Gasteiger partial charge on any atom is -0.394 e. The summed E-state index contributed by atoms with van der Waals surface area (Å²) in [5, 5.41) is 11.2. The molecule has 1 rings (SSSR count). The van der Waals surface area contributed by atoms with Gasteiger partial charge < -0.3 is 15.2 Å². The largest absolute Gasteiger partial charge is 0.394 e. The van der Waals surface area contributed by atoms with E-state index in [0.29, 0.717) is 25.3 Å². The number of carbonyl (C=O) groups is 1. The Balaban J connectivity index is 2.39. The van der Waals surface area contributed by atoms with Crippen LogP contribution in [0.1, 0.15) is 15.9 Å². The molecule has 17 heavy (non-hydrogen) atoms. The van der Waals surface area contributed by atoms with Crippen molar-refractivity contribution >= 4 is 21.8 Å². The summed E-state index contributed by atoms with van der Waals surface area (Å²) in [6.07, 6.45) is 0. The van der Waals surface area contributed by atoms with Crippen LogP contribution in [0, 0.1) is 6.92 Å². The van der Waals surface area contributed by atoms with Crippen LogP contribution in [0.25, 0.3) is 0 Å². The number of benzene rings is 1. The average molecular weight is 302 g/mol. The highest BCUT2D eigenvalue weighted by molar-refractivity contribution is 9.10. The minimum atomic E-state index is -0.127. The van der Waals surface area contributed by atoms with E-state index in [-0.39, 0.29) is 12.5 Å². The highest BCUT2D eigenvalue weighted by atomic mass is 79.9. The molecule has 0 saturated heterocycles. The van der Waals surface area contributed by atoms with Crippen molar-refractivity contribution in [3.8, 4) is 0 Å². The summed E-state index contributed by atoms with van der Waals surface area (Å²) in [6.45, 7) is 3.10. The van der Waals surface area contributed by atoms with Gasteiger partial charge in [-0.15, -0.1) is 0 Å². The number of hydrogen-bond donors (Lipinski definition) is 2. The summed E-state index contributed by atoms with van der Waals surface area (Å²) >= 11 is 3.38. The Kier molecular flexibility index (Phi) is 6.18. The van der Waals surface area contributed by atoms with E-state index < -0.39 is 0 Å². The maximum atomic E-state index is 11.7. The van der Waals surface area contributed by atoms with Crippen LogP contribution in [-0.2, 0) is 4.74 Å². The van der Waals surface area contributed by atoms with Gasteiger partial charge in [-0.1, -0.05) is 22.0 Å². The monoisotopic (exact) mass is 301 g/mol. The molecule has 1 amide bonds. The van der Waals surface area contributed by atoms with E-state index in [1.54, 1.807) is 12.1 Å². The summed E-state index contributed by atoms with van der Waals surface area (Å²) < 4.78 is 5.96. The van der Waals surface area contributed by atoms with Crippen LogP contribution in [0.15, 0.2) is 22.7 Å². The van der Waals surface area contributed by atoms with Gasteiger partial charge in [0.25, 0.3) is 5.91 Å². The van der Waals surface area contributed by atoms with E-state index in [1.165, 1.54) is 0 Å². The third-order valence-electron chi connectivity index (χ3n) is 2.20. The predicted octanol–water partition coefficient (Wildman–Crippen LogP) is 1.50. The molecule has 0 bridgehead atoms. The van der Waals surface area contributed by atoms with Crippen LogP contribution in [-0.4, -0.2) is 37.4 Å². The van der Waals surface area contributed by atoms with Gasteiger partial charge in [0.1, 0.15) is 0 Å². The number of aliphatic hydroxyl groups excluding tert-OH is 1. The molecule has 0 aliphatic carbocycles. The maximum absolute atomic E-state index is 11.7. The van der Waals surface area contributed by atoms with Crippen molar-refractivity contribution in [1.29, 1.82) is 0 Å². The number of aryl methyl sites for hydroxylation is 1. The van der Waals surface area contributed by atoms with Crippen molar-refractivity contribution in [3.05, 3.63) is 33.8 Å². The van der Waals surface area contributed by atoms with Gasteiger partial charge in [0.2, 0.25) is 0 Å². The normalized spacial score (nSPS) is 10.3. The molecule has 0 saturated carbocycles. The van der Waals surface area contributed by atoms with Gasteiger partial charge in [-0.05, 0) is 24.6 Å². The molecule has 0 aromatic heterocycles. The molecule has 94 valence electrons. The first kappa shape index (κ1) is 14.2. The number of halogens is 1. The van der Waals surface area contributed by atoms with Crippen LogP contribution in [0.2, 0.25) is 0 Å². The molecule has 0 heterocycles. The number of aliphatic hydroxyl groups is 1. The molecule has 0 spiro atoms. The van der Waals surface area contributed by atoms with Crippen molar-refractivity contribution in [2.45, 2.75) is 6.92 Å². The smallest absolute Gasteiger partial charge is 0.251 e. The predicted molar refractivity (Wildman–Crippen MR) is 69.1 cm³/mol. The Morgan fingerprint density at radius 2 is 2.24 bits per heavy atom. The summed E-state index contributed by atoms with van der Waals surface area (Å²) in [5.41, 5.74) is 1.71. The first-order valence-electron chi connectivity index (χ1n) is 5.38. The Morgan fingerprint density at radius 1 is 1.47 bits per heavy atom. The molecule has 0 aliphatic rings. The second-order valence-corrected chi connectivity index (χ2v) is 4.41. The quantitative estimate of drug-likeness (QED) is 0.783. The highest BCUT2D eigenvalue weighted by Crippen LogP contribution is 2.17. The zero-order valence-corrected chi connectivity index (χ0v) is 11.3. The second kappa shape index (κ2) is 7.42. The molecule has 0 atom stereocenters. The zero-order chi connectivity index (χ0) is 12.7. The number of amides is 1. The van der Waals surface area contributed by atoms with Gasteiger partial charge in [0.15, 0.2) is 0 Å². The van der Waals surface area contributed by atoms with Crippen molar-refractivity contribution in [2.24, 2.45) is 0 Å². The number of carbonyl (C=O) groups excluding carboxylic acids is 1. The van der Waals surface area contributed by atoms with Crippen LogP contribution in [0.5, 0.6) is 0 Å². The molecule has 1 aromatic rings. The van der Waals surface area contributed by atoms with Crippen molar-refractivity contribution in [1.82, 2.24) is 5.32 Å². The number of hydrogen-bond acceptors (Lipinski definition) is 3. The Hall–Kier alpha value is -0.910. The van der Waals surface area contributed by atoms with Crippen LogP contribution in [0.3, 0.4) is 0 Å². The summed E-state index contributed by atoms with van der Waals surface area (Å²) in [4.78, 5) is 11.7. The van der Waals surface area contributed by atoms with Gasteiger partial charge in [0, 0.05) is 16.6 Å². The average Bonchev–Trinajstić information content (AvgIpc) is 2.32. The van der Waals surface area contributed by atoms with Gasteiger partial charge in [-0.2, -0.15) is 0 Å². The molecule has 2 N–H and O–H groups in total. The number of rotatable bonds is 6. The summed E-state index contributed by atoms with van der Waals surface area (Å²) in [5.74, 6) is -0.127. The van der Waals surface area contributed by atoms with E-state index in [0.717, 1.165) is 10.0 Å². The molecule has 0 radical (unpaired) electrons. The SMILES string of the molecule is Cc1ccc(C(=O)NCCOCCO)cc1Br. The van der Waals surface area contributed by atoms with E-state index >= 15 is 0 Å². The topological polar surface area (TPSA) is 58.6 Å². The van der Waals surface area contributed by atoms with Crippen LogP contribution in [0.4, 0.5) is 0 Å². The lowest BCUT2D eigenvalue weighted by Crippen LogP contribution is -2.27. The first-order chi connectivity index (χ1) is 8.15. The van der Waals surface area contributed by atoms with Crippen LogP contribution < -0.4 is 5.32 Å². The van der Waals surface area contributed by atoms with Gasteiger partial charge in [-0.3, -0.25) is 4.79 Å². The Bertz CT molecular complexity index is 382. The van der Waals surface area contributed by atoms with Crippen molar-refractivity contribution in [3.63, 3.8) is 0 Å². The number of ether oxygens (including phenoxy) is 1. The molecule has 1 aromatic carbocycles. The molecule has 4 nitrogen and oxygen atoms in total. The van der Waals surface area contributed by atoms with Gasteiger partial charge >= 0.3 is 0 Å². The maximum Gasteiger partial charge on any atom is 0.251 e. The Morgan fingerprint density at radius 3 is 2.88 bits per heavy atom. The lowest BCUT2D eigenvalue weighted by molar-refractivity contribution is 0.0838. The fourth-order valence-corrected chi connectivity index (χ4v) is 1.62. The van der Waals surface area contributed by atoms with E-state index in [2.05, 4.69) is 21.2 Å². The number of nitrogens with one attached hydrogen (secondary N) is 1. The van der Waals surface area contributed by atoms with Gasteiger partial charge in [0.05, 0.1) is 19.8 Å². The molecule has 5 heteroatoms. The third-order valence-corrected chi connectivity index (χ3v) is 3.06. The standard InChI is InChI=1S/C12H16BrNO3/c1-9-2-3-10(8-11(9)13)12(16)14-4-6-17-7-5-15/h2-3,8,15H,4-7H2,1H3,(H,14,16). The fraction of sp³-hybridized carbons (Fsp3) is 0.417. The van der Waals surface area contributed by atoms with Crippen molar-refractivity contribution < 1.29 is 14.6 Å². The van der Waals surface area contributed by atoms with E-state index in [9.17, 15) is 4.79 Å². The summed E-state index contributed by atoms with van der Waals surface area (Å²) in [6, 6.07) is 5.46. The molecular weight excluding hydrogens is 286 g/mol. The Labute approximate surface area is 109 Å². The molecule has 0 unspecified atom stereocenters. The molecule has 0 aliphatic heterocycles. The van der Waals surface area contributed by atoms with Gasteiger partial charge in [-0.25, -0.2) is 0 Å². The molecular formula is C12H16BrNO3. The molecule has 0 fully saturated rings. The highest BCUT2D eigenvalue weighted by Gasteiger charge is 2.06. The zero-order valence-electron chi connectivity index (χ0n) is 9.70. The second-order valence-electron chi connectivity index (χ2n) is 3.56. The van der Waals surface area contributed by atoms with E-state index in [1.807, 2.05) is 13.0 Å². The third kappa shape index (κ3) is 4.85. The lowest BCUT2D eigenvalue weighted by atomic mass is 10.1.